The van der Waals surface area contributed by atoms with Crippen LogP contribution in [0.25, 0.3) is 27.7 Å². The second kappa shape index (κ2) is 11.8. The standard InChI is InChI=1S/C35H37FN8O3/c1-35(2,3)22-10-21-15-39-44(34(47)32(21)27(36)11-22)30-7-5-6-25(26(30)19-45)28-13-29(33(46)42(4)41-28)40-31-9-8-20(14-38-31)17-43-18-23-12-24(43)16-37-23/h5-11,13-15,23-24,37,45H,12,16-19H2,1-4H3,(H,38,40)/t23-,24+/m1/s1. The Balaban J connectivity index is 1.21. The number of anilines is 2. The molecule has 5 heterocycles. The molecule has 3 N–H and O–H groups in total. The van der Waals surface area contributed by atoms with Crippen molar-refractivity contribution >= 4 is 22.3 Å². The lowest BCUT2D eigenvalue weighted by Gasteiger charge is -2.27. The molecular formula is C35H37FN8O3. The molecule has 0 radical (unpaired) electrons. The SMILES string of the molecule is Cn1nc(-c2cccc(-n3ncc4cc(C(C)(C)C)cc(F)c4c3=O)c2CO)cc(Nc2ccc(CN3C[C@H]4C[C@H]3CN4)cn2)c1=O. The molecule has 3 aromatic heterocycles. The van der Waals surface area contributed by atoms with Gasteiger partial charge in [0.15, 0.2) is 0 Å². The van der Waals surface area contributed by atoms with E-state index in [-0.39, 0.29) is 27.7 Å². The molecule has 0 aliphatic carbocycles. The maximum absolute atomic E-state index is 15.4. The molecule has 5 aromatic rings. The van der Waals surface area contributed by atoms with Crippen molar-refractivity contribution in [2.45, 2.75) is 57.8 Å². The van der Waals surface area contributed by atoms with Crippen molar-refractivity contribution in [2.75, 3.05) is 18.4 Å². The normalized spacial score (nSPS) is 17.9. The van der Waals surface area contributed by atoms with Crippen molar-refractivity contribution in [3.63, 3.8) is 0 Å². The monoisotopic (exact) mass is 636 g/mol. The molecule has 12 heteroatoms. The number of pyridine rings is 1. The predicted octanol–water partition coefficient (Wildman–Crippen LogP) is 3.76. The number of aliphatic hydroxyl groups is 1. The van der Waals surface area contributed by atoms with Crippen LogP contribution < -0.4 is 21.8 Å². The van der Waals surface area contributed by atoms with Crippen LogP contribution >= 0.6 is 0 Å². The van der Waals surface area contributed by atoms with E-state index in [1.807, 2.05) is 39.1 Å². The number of rotatable bonds is 7. The molecule has 242 valence electrons. The molecule has 0 spiro atoms. The van der Waals surface area contributed by atoms with Crippen LogP contribution in [0.3, 0.4) is 0 Å². The highest BCUT2D eigenvalue weighted by molar-refractivity contribution is 5.83. The first-order valence-corrected chi connectivity index (χ1v) is 15.7. The average molecular weight is 637 g/mol. The lowest BCUT2D eigenvalue weighted by molar-refractivity contribution is 0.217. The Morgan fingerprint density at radius 3 is 2.60 bits per heavy atom. The molecule has 11 nitrogen and oxygen atoms in total. The average Bonchev–Trinajstić information content (AvgIpc) is 3.67. The molecule has 2 bridgehead atoms. The summed E-state index contributed by atoms with van der Waals surface area (Å²) in [6.45, 7) is 8.35. The number of piperazine rings is 1. The van der Waals surface area contributed by atoms with E-state index in [1.54, 1.807) is 37.4 Å². The highest BCUT2D eigenvalue weighted by Gasteiger charge is 2.37. The number of hydrogen-bond acceptors (Lipinski definition) is 9. The smallest absolute Gasteiger partial charge is 0.290 e. The van der Waals surface area contributed by atoms with Crippen LogP contribution in [0.1, 0.15) is 43.9 Å². The minimum atomic E-state index is -0.647. The quantitative estimate of drug-likeness (QED) is 0.245. The number of aryl methyl sites for hydroxylation is 1. The molecular weight excluding hydrogens is 599 g/mol. The number of aromatic nitrogens is 5. The first-order valence-electron chi connectivity index (χ1n) is 15.7. The van der Waals surface area contributed by atoms with E-state index in [2.05, 4.69) is 30.7 Å². The summed E-state index contributed by atoms with van der Waals surface area (Å²) in [7, 11) is 1.54. The number of nitrogens with one attached hydrogen (secondary N) is 2. The highest BCUT2D eigenvalue weighted by atomic mass is 19.1. The van der Waals surface area contributed by atoms with Crippen LogP contribution in [0.5, 0.6) is 0 Å². The summed E-state index contributed by atoms with van der Waals surface area (Å²) in [5, 5.41) is 26.3. The Labute approximate surface area is 270 Å². The van der Waals surface area contributed by atoms with E-state index in [0.717, 1.165) is 35.4 Å². The van der Waals surface area contributed by atoms with Gasteiger partial charge in [-0.15, -0.1) is 0 Å². The van der Waals surface area contributed by atoms with Crippen molar-refractivity contribution in [2.24, 2.45) is 7.05 Å². The van der Waals surface area contributed by atoms with Gasteiger partial charge in [0, 0.05) is 61.5 Å². The Kier molecular flexibility index (Phi) is 7.74. The zero-order chi connectivity index (χ0) is 33.0. The van der Waals surface area contributed by atoms with Crippen LogP contribution in [0.2, 0.25) is 0 Å². The number of benzene rings is 2. The number of likely N-dealkylation sites (tertiary alicyclic amines) is 1. The third-order valence-corrected chi connectivity index (χ3v) is 9.23. The van der Waals surface area contributed by atoms with Crippen molar-refractivity contribution < 1.29 is 9.50 Å². The van der Waals surface area contributed by atoms with Gasteiger partial charge in [0.1, 0.15) is 17.3 Å². The molecule has 2 aromatic carbocycles. The number of fused-ring (bicyclic) bond motifs is 3. The molecule has 2 fully saturated rings. The maximum Gasteiger partial charge on any atom is 0.290 e. The summed E-state index contributed by atoms with van der Waals surface area (Å²) in [5.41, 5.74) is 2.26. The minimum Gasteiger partial charge on any atom is -0.392 e. The maximum atomic E-state index is 15.4. The molecule has 2 aliphatic heterocycles. The predicted molar refractivity (Wildman–Crippen MR) is 179 cm³/mol. The fraction of sp³-hybridized carbons (Fsp3) is 0.343. The van der Waals surface area contributed by atoms with E-state index in [9.17, 15) is 14.7 Å². The second-order valence-corrected chi connectivity index (χ2v) is 13.5. The van der Waals surface area contributed by atoms with Crippen molar-refractivity contribution in [3.8, 4) is 16.9 Å². The van der Waals surface area contributed by atoms with Crippen molar-refractivity contribution in [3.05, 3.63) is 104 Å². The Morgan fingerprint density at radius 1 is 1.09 bits per heavy atom. The van der Waals surface area contributed by atoms with Crippen LogP contribution in [-0.2, 0) is 25.6 Å². The zero-order valence-corrected chi connectivity index (χ0v) is 26.8. The van der Waals surface area contributed by atoms with Crippen LogP contribution in [-0.4, -0.2) is 59.7 Å². The van der Waals surface area contributed by atoms with Gasteiger partial charge in [-0.2, -0.15) is 14.9 Å². The minimum absolute atomic E-state index is 0.0859. The summed E-state index contributed by atoms with van der Waals surface area (Å²) < 4.78 is 17.7. The van der Waals surface area contributed by atoms with Gasteiger partial charge in [-0.3, -0.25) is 14.5 Å². The molecule has 2 saturated heterocycles. The molecule has 7 rings (SSSR count). The highest BCUT2D eigenvalue weighted by Crippen LogP contribution is 2.30. The van der Waals surface area contributed by atoms with Crippen LogP contribution in [0.15, 0.2) is 70.5 Å². The zero-order valence-electron chi connectivity index (χ0n) is 26.8. The molecule has 0 amide bonds. The van der Waals surface area contributed by atoms with Crippen molar-refractivity contribution in [1.82, 2.24) is 34.8 Å². The molecule has 0 saturated carbocycles. The Bertz CT molecular complexity index is 2120. The van der Waals surface area contributed by atoms with Crippen molar-refractivity contribution in [1.29, 1.82) is 0 Å². The van der Waals surface area contributed by atoms with Gasteiger partial charge in [-0.05, 0) is 53.3 Å². The van der Waals surface area contributed by atoms with Gasteiger partial charge in [0.25, 0.3) is 11.1 Å². The summed E-state index contributed by atoms with van der Waals surface area (Å²) in [6, 6.07) is 14.8. The van der Waals surface area contributed by atoms with Gasteiger partial charge in [-0.25, -0.2) is 14.1 Å². The fourth-order valence-electron chi connectivity index (χ4n) is 6.65. The lowest BCUT2D eigenvalue weighted by atomic mass is 9.86. The van der Waals surface area contributed by atoms with Crippen LogP contribution in [0.4, 0.5) is 15.9 Å². The van der Waals surface area contributed by atoms with Gasteiger partial charge in [-0.1, -0.05) is 39.0 Å². The third kappa shape index (κ3) is 5.73. The van der Waals surface area contributed by atoms with E-state index < -0.39 is 18.0 Å². The summed E-state index contributed by atoms with van der Waals surface area (Å²) >= 11 is 0. The Hall–Kier alpha value is -4.78. The molecule has 2 aliphatic rings. The topological polar surface area (TPSA) is 130 Å². The number of nitrogens with zero attached hydrogens (tertiary/aromatic N) is 6. The molecule has 0 unspecified atom stereocenters. The Morgan fingerprint density at radius 2 is 1.91 bits per heavy atom. The number of aliphatic hydroxyl groups excluding tert-OH is 1. The largest absolute Gasteiger partial charge is 0.392 e. The van der Waals surface area contributed by atoms with Gasteiger partial charge >= 0.3 is 0 Å². The first kappa shape index (κ1) is 30.9. The van der Waals surface area contributed by atoms with Gasteiger partial charge in [0.05, 0.1) is 29.6 Å². The third-order valence-electron chi connectivity index (χ3n) is 9.23. The van der Waals surface area contributed by atoms with E-state index >= 15 is 4.39 Å². The first-order chi connectivity index (χ1) is 22.5. The van der Waals surface area contributed by atoms with Crippen LogP contribution in [0, 0.1) is 5.82 Å². The lowest BCUT2D eigenvalue weighted by Crippen LogP contribution is -2.42. The van der Waals surface area contributed by atoms with Gasteiger partial charge < -0.3 is 15.7 Å². The molecule has 47 heavy (non-hydrogen) atoms. The number of halogens is 1. The van der Waals surface area contributed by atoms with Gasteiger partial charge in [0.2, 0.25) is 0 Å². The van der Waals surface area contributed by atoms with E-state index in [1.165, 1.54) is 23.4 Å². The fourth-order valence-corrected chi connectivity index (χ4v) is 6.65. The summed E-state index contributed by atoms with van der Waals surface area (Å²) in [4.78, 5) is 33.8. The number of hydrogen-bond donors (Lipinski definition) is 3. The van der Waals surface area contributed by atoms with E-state index in [4.69, 9.17) is 0 Å². The molecule has 2 atom stereocenters. The van der Waals surface area contributed by atoms with E-state index in [0.29, 0.717) is 40.1 Å². The summed E-state index contributed by atoms with van der Waals surface area (Å²) in [5.74, 6) is -0.125. The summed E-state index contributed by atoms with van der Waals surface area (Å²) in [6.07, 6.45) is 4.47. The second-order valence-electron chi connectivity index (χ2n) is 13.5.